The molecule has 0 saturated carbocycles. The Balaban J connectivity index is 0. The maximum Gasteiger partial charge on any atom is 0.331 e. The number of rotatable bonds is 8. The van der Waals surface area contributed by atoms with Crippen molar-refractivity contribution >= 4 is 10.1 Å². The first-order valence-electron chi connectivity index (χ1n) is 4.59. The molecule has 0 saturated heterocycles. The summed E-state index contributed by atoms with van der Waals surface area (Å²) < 4.78 is 34.1. The van der Waals surface area contributed by atoms with E-state index in [-0.39, 0.29) is 6.10 Å². The summed E-state index contributed by atoms with van der Waals surface area (Å²) in [5, 5.41) is 0.703. The van der Waals surface area contributed by atoms with Crippen LogP contribution < -0.4 is 0 Å². The molecule has 0 heterocycles. The smallest absolute Gasteiger partial charge is 0.331 e. The summed E-state index contributed by atoms with van der Waals surface area (Å²) >= 11 is 0. The summed E-state index contributed by atoms with van der Waals surface area (Å²) in [6.07, 6.45) is 3.68. The SMILES string of the molecule is C=COCC(C)OC=C.C=COS(=O)(=O)C=C. The van der Waals surface area contributed by atoms with Crippen LogP contribution in [0.5, 0.6) is 0 Å². The second-order valence-corrected chi connectivity index (χ2v) is 4.05. The van der Waals surface area contributed by atoms with E-state index in [2.05, 4.69) is 30.5 Å². The van der Waals surface area contributed by atoms with Gasteiger partial charge < -0.3 is 13.7 Å². The molecule has 0 aliphatic heterocycles. The molecule has 0 aromatic heterocycles. The van der Waals surface area contributed by atoms with Gasteiger partial charge in [0.25, 0.3) is 0 Å². The van der Waals surface area contributed by atoms with Crippen molar-refractivity contribution in [1.29, 1.82) is 0 Å². The van der Waals surface area contributed by atoms with Crippen molar-refractivity contribution in [3.63, 3.8) is 0 Å². The zero-order chi connectivity index (χ0) is 13.7. The molecule has 6 heteroatoms. The molecule has 0 rings (SSSR count). The molecule has 1 unspecified atom stereocenters. The molecular formula is C11H18O5S. The van der Waals surface area contributed by atoms with Crippen LogP contribution in [0.4, 0.5) is 0 Å². The zero-order valence-electron chi connectivity index (χ0n) is 9.87. The van der Waals surface area contributed by atoms with Gasteiger partial charge in [-0.15, -0.1) is 0 Å². The molecule has 0 fully saturated rings. The molecule has 0 radical (unpaired) electrons. The highest BCUT2D eigenvalue weighted by Gasteiger charge is 1.98. The third kappa shape index (κ3) is 14.3. The Bertz CT molecular complexity index is 332. The first kappa shape index (κ1) is 17.7. The van der Waals surface area contributed by atoms with E-state index in [0.29, 0.717) is 12.0 Å². The van der Waals surface area contributed by atoms with E-state index >= 15 is 0 Å². The fourth-order valence-electron chi connectivity index (χ4n) is 0.541. The molecule has 0 amide bonds. The number of hydrogen-bond donors (Lipinski definition) is 0. The standard InChI is InChI=1S/C7H12O2.C4H6O3S/c1-4-8-6-7(3)9-5-2;1-3-7-8(5,6)4-2/h4-5,7H,1-2,6H2,3H3;3-4H,1-2H2. The van der Waals surface area contributed by atoms with E-state index in [4.69, 9.17) is 9.47 Å². The van der Waals surface area contributed by atoms with Gasteiger partial charge in [-0.05, 0) is 6.92 Å². The Labute approximate surface area is 103 Å². The largest absolute Gasteiger partial charge is 0.498 e. The molecular weight excluding hydrogens is 244 g/mol. The molecule has 0 bridgehead atoms. The van der Waals surface area contributed by atoms with E-state index in [0.717, 1.165) is 6.26 Å². The van der Waals surface area contributed by atoms with E-state index in [1.54, 1.807) is 0 Å². The minimum Gasteiger partial charge on any atom is -0.498 e. The summed E-state index contributed by atoms with van der Waals surface area (Å²) in [5.41, 5.74) is 0. The maximum atomic E-state index is 10.2. The van der Waals surface area contributed by atoms with Crippen LogP contribution in [-0.2, 0) is 23.8 Å². The summed E-state index contributed by atoms with van der Waals surface area (Å²) in [5.74, 6) is 0. The van der Waals surface area contributed by atoms with E-state index in [1.165, 1.54) is 12.5 Å². The lowest BCUT2D eigenvalue weighted by atomic mass is 10.4. The molecule has 0 aromatic carbocycles. The van der Waals surface area contributed by atoms with Gasteiger partial charge in [0.2, 0.25) is 0 Å². The van der Waals surface area contributed by atoms with Crippen LogP contribution >= 0.6 is 0 Å². The summed E-state index contributed by atoms with van der Waals surface area (Å²) in [6.45, 7) is 15.2. The normalized spacial score (nSPS) is 10.9. The predicted molar refractivity (Wildman–Crippen MR) is 67.3 cm³/mol. The highest BCUT2D eigenvalue weighted by Crippen LogP contribution is 1.91. The average molecular weight is 262 g/mol. The van der Waals surface area contributed by atoms with Gasteiger partial charge >= 0.3 is 10.1 Å². The third-order valence-electron chi connectivity index (χ3n) is 1.18. The van der Waals surface area contributed by atoms with Crippen molar-refractivity contribution in [2.24, 2.45) is 0 Å². The predicted octanol–water partition coefficient (Wildman–Crippen LogP) is 2.31. The van der Waals surface area contributed by atoms with E-state index in [9.17, 15) is 8.42 Å². The monoisotopic (exact) mass is 262 g/mol. The van der Waals surface area contributed by atoms with Crippen molar-refractivity contribution in [3.05, 3.63) is 50.5 Å². The molecule has 0 spiro atoms. The van der Waals surface area contributed by atoms with E-state index in [1.807, 2.05) is 6.92 Å². The Hall–Kier alpha value is -1.69. The third-order valence-corrected chi connectivity index (χ3v) is 2.00. The van der Waals surface area contributed by atoms with Gasteiger partial charge in [0.05, 0.1) is 24.2 Å². The molecule has 98 valence electrons. The van der Waals surface area contributed by atoms with Crippen LogP contribution in [0, 0.1) is 0 Å². The highest BCUT2D eigenvalue weighted by molar-refractivity contribution is 7.89. The molecule has 0 N–H and O–H groups in total. The molecule has 0 aromatic rings. The van der Waals surface area contributed by atoms with Crippen LogP contribution in [0.3, 0.4) is 0 Å². The lowest BCUT2D eigenvalue weighted by molar-refractivity contribution is 0.0823. The summed E-state index contributed by atoms with van der Waals surface area (Å²) in [4.78, 5) is 0. The van der Waals surface area contributed by atoms with Gasteiger partial charge in [-0.2, -0.15) is 8.42 Å². The van der Waals surface area contributed by atoms with Crippen molar-refractivity contribution < 1.29 is 22.1 Å². The molecule has 0 aliphatic rings. The summed E-state index contributed by atoms with van der Waals surface area (Å²) in [7, 11) is -3.52. The van der Waals surface area contributed by atoms with Gasteiger partial charge in [0.15, 0.2) is 0 Å². The number of hydrogen-bond acceptors (Lipinski definition) is 5. The van der Waals surface area contributed by atoms with Crippen LogP contribution in [0.15, 0.2) is 50.5 Å². The Morgan fingerprint density at radius 1 is 1.12 bits per heavy atom. The Morgan fingerprint density at radius 3 is 2.00 bits per heavy atom. The van der Waals surface area contributed by atoms with Gasteiger partial charge in [-0.25, -0.2) is 0 Å². The van der Waals surface area contributed by atoms with Crippen molar-refractivity contribution in [2.45, 2.75) is 13.0 Å². The van der Waals surface area contributed by atoms with Crippen molar-refractivity contribution in [2.75, 3.05) is 6.61 Å². The Kier molecular flexibility index (Phi) is 11.3. The first-order chi connectivity index (χ1) is 7.93. The minimum absolute atomic E-state index is 0.0560. The van der Waals surface area contributed by atoms with Crippen LogP contribution in [0.1, 0.15) is 6.92 Å². The average Bonchev–Trinajstić information content (AvgIpc) is 2.28. The quantitative estimate of drug-likeness (QED) is 0.496. The lowest BCUT2D eigenvalue weighted by Gasteiger charge is -2.08. The van der Waals surface area contributed by atoms with Crippen molar-refractivity contribution in [3.8, 4) is 0 Å². The van der Waals surface area contributed by atoms with Gasteiger partial charge in [0.1, 0.15) is 12.7 Å². The second kappa shape index (κ2) is 10.8. The molecule has 17 heavy (non-hydrogen) atoms. The lowest BCUT2D eigenvalue weighted by Crippen LogP contribution is -2.10. The zero-order valence-corrected chi connectivity index (χ0v) is 10.7. The van der Waals surface area contributed by atoms with Crippen molar-refractivity contribution in [1.82, 2.24) is 0 Å². The molecule has 5 nitrogen and oxygen atoms in total. The topological polar surface area (TPSA) is 61.8 Å². The molecule has 0 aliphatic carbocycles. The maximum absolute atomic E-state index is 10.2. The van der Waals surface area contributed by atoms with Crippen LogP contribution in [0.25, 0.3) is 0 Å². The fraction of sp³-hybridized carbons (Fsp3) is 0.273. The van der Waals surface area contributed by atoms with E-state index < -0.39 is 10.1 Å². The second-order valence-electron chi connectivity index (χ2n) is 2.54. The summed E-state index contributed by atoms with van der Waals surface area (Å²) in [6, 6.07) is 0. The minimum atomic E-state index is -3.52. The van der Waals surface area contributed by atoms with Gasteiger partial charge in [-0.1, -0.05) is 26.3 Å². The Morgan fingerprint density at radius 2 is 1.71 bits per heavy atom. The first-order valence-corrected chi connectivity index (χ1v) is 6.06. The number of ether oxygens (including phenoxy) is 2. The van der Waals surface area contributed by atoms with Crippen LogP contribution in [-0.4, -0.2) is 21.1 Å². The fourth-order valence-corrected chi connectivity index (χ4v) is 0.809. The van der Waals surface area contributed by atoms with Crippen LogP contribution in [0.2, 0.25) is 0 Å². The van der Waals surface area contributed by atoms with Gasteiger partial charge in [0, 0.05) is 0 Å². The van der Waals surface area contributed by atoms with Gasteiger partial charge in [-0.3, -0.25) is 0 Å². The highest BCUT2D eigenvalue weighted by atomic mass is 32.2. The molecule has 1 atom stereocenters.